The number of hydrogen-bond acceptors (Lipinski definition) is 2. The molecule has 0 radical (unpaired) electrons. The number of hydrogen-bond donors (Lipinski definition) is 0. The van der Waals surface area contributed by atoms with Crippen molar-refractivity contribution >= 4 is 6.40 Å². The summed E-state index contributed by atoms with van der Waals surface area (Å²) in [7, 11) is 0. The minimum absolute atomic E-state index is 0.412. The molecule has 46 valence electrons. The minimum Gasteiger partial charge on any atom is -0.481 e. The molecular weight excluding hydrogens is 102 g/mol. The van der Waals surface area contributed by atoms with Crippen LogP contribution < -0.4 is 0 Å². The van der Waals surface area contributed by atoms with Gasteiger partial charge in [-0.3, -0.25) is 4.99 Å². The molecule has 8 heavy (non-hydrogen) atoms. The Balaban J connectivity index is 2.36. The van der Waals surface area contributed by atoms with Crippen LogP contribution in [-0.4, -0.2) is 19.0 Å². The standard InChI is InChI=1S/C6H11NO/c1-5(2)6-3-8-4-7-6/h4-6H,3H2,1-2H3/t6-/m0/s1. The largest absolute Gasteiger partial charge is 0.481 e. The van der Waals surface area contributed by atoms with E-state index in [4.69, 9.17) is 4.74 Å². The van der Waals surface area contributed by atoms with E-state index in [1.54, 1.807) is 6.40 Å². The fraction of sp³-hybridized carbons (Fsp3) is 0.833. The maximum absolute atomic E-state index is 4.93. The van der Waals surface area contributed by atoms with Crippen LogP contribution in [0.4, 0.5) is 0 Å². The lowest BCUT2D eigenvalue weighted by Gasteiger charge is -2.06. The van der Waals surface area contributed by atoms with Gasteiger partial charge in [-0.25, -0.2) is 0 Å². The van der Waals surface area contributed by atoms with E-state index < -0.39 is 0 Å². The van der Waals surface area contributed by atoms with Gasteiger partial charge in [-0.05, 0) is 5.92 Å². The predicted molar refractivity (Wildman–Crippen MR) is 33.1 cm³/mol. The van der Waals surface area contributed by atoms with E-state index in [1.807, 2.05) is 0 Å². The average molecular weight is 113 g/mol. The number of ether oxygens (including phenoxy) is 1. The van der Waals surface area contributed by atoms with Crippen molar-refractivity contribution in [3.05, 3.63) is 0 Å². The van der Waals surface area contributed by atoms with E-state index in [9.17, 15) is 0 Å². The van der Waals surface area contributed by atoms with Crippen LogP contribution in [0.1, 0.15) is 13.8 Å². The fourth-order valence-electron chi connectivity index (χ4n) is 0.670. The quantitative estimate of drug-likeness (QED) is 0.498. The van der Waals surface area contributed by atoms with Gasteiger partial charge in [0.25, 0.3) is 0 Å². The molecule has 0 aromatic heterocycles. The lowest BCUT2D eigenvalue weighted by Crippen LogP contribution is -2.13. The van der Waals surface area contributed by atoms with Crippen molar-refractivity contribution < 1.29 is 4.74 Å². The van der Waals surface area contributed by atoms with E-state index in [0.29, 0.717) is 12.0 Å². The first kappa shape index (κ1) is 5.60. The Morgan fingerprint density at radius 3 is 2.75 bits per heavy atom. The molecule has 0 amide bonds. The van der Waals surface area contributed by atoms with Crippen molar-refractivity contribution in [2.75, 3.05) is 6.61 Å². The second-order valence-electron chi connectivity index (χ2n) is 2.40. The molecule has 2 nitrogen and oxygen atoms in total. The monoisotopic (exact) mass is 113 g/mol. The van der Waals surface area contributed by atoms with E-state index in [1.165, 1.54) is 0 Å². The SMILES string of the molecule is CC(C)[C@@H]1COC=N1. The molecule has 0 saturated heterocycles. The van der Waals surface area contributed by atoms with Crippen LogP contribution in [0, 0.1) is 5.92 Å². The molecule has 1 atom stereocenters. The fourth-order valence-corrected chi connectivity index (χ4v) is 0.670. The summed E-state index contributed by atoms with van der Waals surface area (Å²) >= 11 is 0. The summed E-state index contributed by atoms with van der Waals surface area (Å²) < 4.78 is 4.93. The zero-order valence-electron chi connectivity index (χ0n) is 5.29. The molecular formula is C6H11NO. The van der Waals surface area contributed by atoms with Crippen molar-refractivity contribution in [2.45, 2.75) is 19.9 Å². The van der Waals surface area contributed by atoms with Crippen molar-refractivity contribution in [1.82, 2.24) is 0 Å². The summed E-state index contributed by atoms with van der Waals surface area (Å²) in [5.41, 5.74) is 0. The van der Waals surface area contributed by atoms with Crippen LogP contribution in [-0.2, 0) is 4.74 Å². The van der Waals surface area contributed by atoms with Crippen molar-refractivity contribution in [1.29, 1.82) is 0 Å². The summed E-state index contributed by atoms with van der Waals surface area (Å²) in [6.45, 7) is 5.07. The molecule has 0 saturated carbocycles. The molecule has 1 rings (SSSR count). The van der Waals surface area contributed by atoms with Crippen molar-refractivity contribution in [3.63, 3.8) is 0 Å². The molecule has 0 aliphatic carbocycles. The highest BCUT2D eigenvalue weighted by Gasteiger charge is 2.14. The number of rotatable bonds is 1. The molecule has 1 heterocycles. The first-order valence-electron chi connectivity index (χ1n) is 2.94. The molecule has 0 spiro atoms. The third-order valence-corrected chi connectivity index (χ3v) is 1.36. The van der Waals surface area contributed by atoms with Gasteiger partial charge in [-0.15, -0.1) is 0 Å². The average Bonchev–Trinajstić information content (AvgIpc) is 2.12. The molecule has 0 fully saturated rings. The van der Waals surface area contributed by atoms with Gasteiger partial charge in [0.05, 0.1) is 6.04 Å². The summed E-state index contributed by atoms with van der Waals surface area (Å²) in [6, 6.07) is 0.412. The number of nitrogens with zero attached hydrogens (tertiary/aromatic N) is 1. The van der Waals surface area contributed by atoms with Gasteiger partial charge in [0.15, 0.2) is 6.40 Å². The first-order valence-corrected chi connectivity index (χ1v) is 2.94. The molecule has 0 N–H and O–H groups in total. The summed E-state index contributed by atoms with van der Waals surface area (Å²) in [5, 5.41) is 0. The highest BCUT2D eigenvalue weighted by Crippen LogP contribution is 2.09. The van der Waals surface area contributed by atoms with Crippen LogP contribution in [0.5, 0.6) is 0 Å². The van der Waals surface area contributed by atoms with Gasteiger partial charge >= 0.3 is 0 Å². The lowest BCUT2D eigenvalue weighted by molar-refractivity contribution is 0.299. The Bertz CT molecular complexity index is 98.7. The van der Waals surface area contributed by atoms with Crippen LogP contribution in [0.3, 0.4) is 0 Å². The topological polar surface area (TPSA) is 21.6 Å². The molecule has 0 bridgehead atoms. The maximum atomic E-state index is 4.93. The zero-order chi connectivity index (χ0) is 5.98. The van der Waals surface area contributed by atoms with Gasteiger partial charge in [0, 0.05) is 0 Å². The molecule has 1 aliphatic heterocycles. The van der Waals surface area contributed by atoms with Gasteiger partial charge in [0.1, 0.15) is 6.61 Å². The van der Waals surface area contributed by atoms with E-state index in [2.05, 4.69) is 18.8 Å². The van der Waals surface area contributed by atoms with Gasteiger partial charge in [0.2, 0.25) is 0 Å². The molecule has 2 heteroatoms. The van der Waals surface area contributed by atoms with Crippen molar-refractivity contribution in [3.8, 4) is 0 Å². The Morgan fingerprint density at radius 2 is 2.50 bits per heavy atom. The second kappa shape index (κ2) is 2.16. The Labute approximate surface area is 49.6 Å². The van der Waals surface area contributed by atoms with Gasteiger partial charge in [-0.1, -0.05) is 13.8 Å². The Hall–Kier alpha value is -0.530. The summed E-state index contributed by atoms with van der Waals surface area (Å²) in [6.07, 6.45) is 1.55. The van der Waals surface area contributed by atoms with Crippen LogP contribution >= 0.6 is 0 Å². The molecule has 1 aliphatic rings. The predicted octanol–water partition coefficient (Wildman–Crippen LogP) is 1.07. The maximum Gasteiger partial charge on any atom is 0.169 e. The van der Waals surface area contributed by atoms with Crippen LogP contribution in [0.2, 0.25) is 0 Å². The van der Waals surface area contributed by atoms with E-state index in [0.717, 1.165) is 6.61 Å². The molecule has 0 aromatic carbocycles. The normalized spacial score (nSPS) is 26.6. The van der Waals surface area contributed by atoms with Crippen LogP contribution in [0.15, 0.2) is 4.99 Å². The first-order chi connectivity index (χ1) is 3.80. The van der Waals surface area contributed by atoms with Crippen LogP contribution in [0.25, 0.3) is 0 Å². The van der Waals surface area contributed by atoms with Crippen molar-refractivity contribution in [2.24, 2.45) is 10.9 Å². The third-order valence-electron chi connectivity index (χ3n) is 1.36. The van der Waals surface area contributed by atoms with E-state index >= 15 is 0 Å². The lowest BCUT2D eigenvalue weighted by atomic mass is 10.1. The molecule has 0 unspecified atom stereocenters. The zero-order valence-corrected chi connectivity index (χ0v) is 5.29. The summed E-state index contributed by atoms with van der Waals surface area (Å²) in [5.74, 6) is 0.619. The highest BCUT2D eigenvalue weighted by molar-refractivity contribution is 5.48. The highest BCUT2D eigenvalue weighted by atomic mass is 16.5. The van der Waals surface area contributed by atoms with E-state index in [-0.39, 0.29) is 0 Å². The smallest absolute Gasteiger partial charge is 0.169 e. The van der Waals surface area contributed by atoms with Gasteiger partial charge in [-0.2, -0.15) is 0 Å². The van der Waals surface area contributed by atoms with Gasteiger partial charge < -0.3 is 4.74 Å². The summed E-state index contributed by atoms with van der Waals surface area (Å²) in [4.78, 5) is 4.09. The Kier molecular flexibility index (Phi) is 1.51. The second-order valence-corrected chi connectivity index (χ2v) is 2.40. The Morgan fingerprint density at radius 1 is 1.75 bits per heavy atom. The minimum atomic E-state index is 0.412. The third kappa shape index (κ3) is 0.997. The molecule has 0 aromatic rings. The number of aliphatic imine (C=N–C) groups is 1.